The van der Waals surface area contributed by atoms with Gasteiger partial charge in [0.05, 0.1) is 19.6 Å². The lowest BCUT2D eigenvalue weighted by Gasteiger charge is -2.11. The van der Waals surface area contributed by atoms with Crippen molar-refractivity contribution >= 4 is 17.9 Å². The maximum absolute atomic E-state index is 10.5. The number of hydrogen-bond acceptors (Lipinski definition) is 5. The van der Waals surface area contributed by atoms with Crippen LogP contribution in [0.15, 0.2) is 0 Å². The molecule has 0 aromatic rings. The van der Waals surface area contributed by atoms with Crippen LogP contribution in [0.4, 0.5) is 0 Å². The number of nitrogens with one attached hydrogen (secondary N) is 1. The van der Waals surface area contributed by atoms with E-state index in [0.29, 0.717) is 0 Å². The Balaban J connectivity index is 3.72. The van der Waals surface area contributed by atoms with Crippen molar-refractivity contribution in [3.8, 4) is 0 Å². The molecule has 0 saturated heterocycles. The molecule has 8 nitrogen and oxygen atoms in total. The van der Waals surface area contributed by atoms with Gasteiger partial charge in [0.15, 0.2) is 6.10 Å². The van der Waals surface area contributed by atoms with Crippen molar-refractivity contribution in [1.82, 2.24) is 5.32 Å². The number of carboxylic acids is 3. The second-order valence-electron chi connectivity index (χ2n) is 2.87. The van der Waals surface area contributed by atoms with E-state index in [1.54, 1.807) is 0 Å². The van der Waals surface area contributed by atoms with E-state index in [1.165, 1.54) is 0 Å². The summed E-state index contributed by atoms with van der Waals surface area (Å²) in [5.74, 6) is -3.67. The summed E-state index contributed by atoms with van der Waals surface area (Å²) in [4.78, 5) is 30.8. The Kier molecular flexibility index (Phi) is 6.81. The number of hydrogen-bond donors (Lipinski definition) is 4. The predicted octanol–water partition coefficient (Wildman–Crippen LogP) is -1.39. The van der Waals surface area contributed by atoms with Gasteiger partial charge in [-0.05, 0) is 0 Å². The Morgan fingerprint density at radius 3 is 2.19 bits per heavy atom. The molecule has 0 heterocycles. The SMILES string of the molecule is O=C(O)CNCCOC(CC(=O)O)C(=O)O. The summed E-state index contributed by atoms with van der Waals surface area (Å²) in [7, 11) is 0. The fraction of sp³-hybridized carbons (Fsp3) is 0.625. The molecule has 0 spiro atoms. The van der Waals surface area contributed by atoms with Crippen molar-refractivity contribution in [2.24, 2.45) is 0 Å². The molecule has 1 unspecified atom stereocenters. The Hall–Kier alpha value is -1.67. The fourth-order valence-corrected chi connectivity index (χ4v) is 0.845. The van der Waals surface area contributed by atoms with Gasteiger partial charge in [0.25, 0.3) is 0 Å². The summed E-state index contributed by atoms with van der Waals surface area (Å²) in [5, 5.41) is 27.7. The van der Waals surface area contributed by atoms with E-state index in [4.69, 9.17) is 20.1 Å². The molecule has 4 N–H and O–H groups in total. The summed E-state index contributed by atoms with van der Waals surface area (Å²) in [6, 6.07) is 0. The molecule has 0 aliphatic carbocycles. The number of rotatable bonds is 9. The van der Waals surface area contributed by atoms with Crippen LogP contribution in [0.2, 0.25) is 0 Å². The molecular weight excluding hydrogens is 222 g/mol. The highest BCUT2D eigenvalue weighted by Crippen LogP contribution is 1.98. The molecule has 0 radical (unpaired) electrons. The molecule has 0 rings (SSSR count). The largest absolute Gasteiger partial charge is 0.481 e. The molecule has 8 heteroatoms. The molecule has 16 heavy (non-hydrogen) atoms. The highest BCUT2D eigenvalue weighted by molar-refractivity contribution is 5.79. The molecule has 0 aliphatic heterocycles. The summed E-state index contributed by atoms with van der Waals surface area (Å²) >= 11 is 0. The molecule has 0 amide bonds. The maximum Gasteiger partial charge on any atom is 0.333 e. The van der Waals surface area contributed by atoms with Crippen LogP contribution in [0.1, 0.15) is 6.42 Å². The molecule has 0 aromatic heterocycles. The first-order valence-corrected chi connectivity index (χ1v) is 4.42. The highest BCUT2D eigenvalue weighted by Gasteiger charge is 2.21. The Morgan fingerprint density at radius 1 is 1.12 bits per heavy atom. The van der Waals surface area contributed by atoms with Gasteiger partial charge in [0.2, 0.25) is 0 Å². The van der Waals surface area contributed by atoms with E-state index in [1.807, 2.05) is 0 Å². The van der Waals surface area contributed by atoms with Gasteiger partial charge in [-0.2, -0.15) is 0 Å². The van der Waals surface area contributed by atoms with Crippen LogP contribution in [0, 0.1) is 0 Å². The molecule has 0 aliphatic rings. The minimum absolute atomic E-state index is 0.0719. The first-order chi connectivity index (χ1) is 7.43. The predicted molar refractivity (Wildman–Crippen MR) is 50.1 cm³/mol. The molecule has 0 saturated carbocycles. The van der Waals surface area contributed by atoms with Crippen molar-refractivity contribution in [1.29, 1.82) is 0 Å². The van der Waals surface area contributed by atoms with Gasteiger partial charge >= 0.3 is 17.9 Å². The monoisotopic (exact) mass is 235 g/mol. The van der Waals surface area contributed by atoms with Crippen LogP contribution in [0.5, 0.6) is 0 Å². The molecule has 92 valence electrons. The Morgan fingerprint density at radius 2 is 1.75 bits per heavy atom. The lowest BCUT2D eigenvalue weighted by Crippen LogP contribution is -2.32. The number of ether oxygens (including phenoxy) is 1. The zero-order chi connectivity index (χ0) is 12.6. The molecule has 0 fully saturated rings. The number of carboxylic acid groups (broad SMARTS) is 3. The molecule has 0 aromatic carbocycles. The van der Waals surface area contributed by atoms with Crippen LogP contribution in [-0.2, 0) is 19.1 Å². The van der Waals surface area contributed by atoms with Crippen molar-refractivity contribution in [2.75, 3.05) is 19.7 Å². The smallest absolute Gasteiger partial charge is 0.333 e. The van der Waals surface area contributed by atoms with Crippen LogP contribution >= 0.6 is 0 Å². The van der Waals surface area contributed by atoms with Crippen molar-refractivity contribution < 1.29 is 34.4 Å². The topological polar surface area (TPSA) is 133 Å². The number of aliphatic carboxylic acids is 3. The highest BCUT2D eigenvalue weighted by atomic mass is 16.5. The summed E-state index contributed by atoms with van der Waals surface area (Å²) < 4.78 is 4.76. The zero-order valence-corrected chi connectivity index (χ0v) is 8.38. The van der Waals surface area contributed by atoms with Crippen LogP contribution in [0.3, 0.4) is 0 Å². The Bertz CT molecular complexity index is 265. The van der Waals surface area contributed by atoms with Gasteiger partial charge < -0.3 is 25.4 Å². The normalized spacial score (nSPS) is 12.0. The van der Waals surface area contributed by atoms with E-state index in [2.05, 4.69) is 5.32 Å². The quantitative estimate of drug-likeness (QED) is 0.359. The van der Waals surface area contributed by atoms with E-state index < -0.39 is 30.4 Å². The minimum atomic E-state index is -1.41. The second-order valence-corrected chi connectivity index (χ2v) is 2.87. The van der Waals surface area contributed by atoms with E-state index in [-0.39, 0.29) is 19.7 Å². The first-order valence-electron chi connectivity index (χ1n) is 4.42. The molecule has 0 bridgehead atoms. The van der Waals surface area contributed by atoms with Crippen molar-refractivity contribution in [3.63, 3.8) is 0 Å². The van der Waals surface area contributed by atoms with Crippen LogP contribution in [0.25, 0.3) is 0 Å². The van der Waals surface area contributed by atoms with Gasteiger partial charge in [-0.1, -0.05) is 0 Å². The van der Waals surface area contributed by atoms with Crippen LogP contribution in [-0.4, -0.2) is 59.0 Å². The van der Waals surface area contributed by atoms with Gasteiger partial charge in [0.1, 0.15) is 0 Å². The molecular formula is C8H13NO7. The maximum atomic E-state index is 10.5. The average molecular weight is 235 g/mol. The third kappa shape index (κ3) is 7.71. The van der Waals surface area contributed by atoms with Crippen molar-refractivity contribution in [2.45, 2.75) is 12.5 Å². The summed E-state index contributed by atoms with van der Waals surface area (Å²) in [6.07, 6.45) is -2.04. The fourth-order valence-electron chi connectivity index (χ4n) is 0.845. The summed E-state index contributed by atoms with van der Waals surface area (Å²) in [5.41, 5.74) is 0. The number of carbonyl (C=O) groups is 3. The second kappa shape index (κ2) is 7.60. The van der Waals surface area contributed by atoms with E-state index >= 15 is 0 Å². The molecule has 1 atom stereocenters. The average Bonchev–Trinajstić information content (AvgIpc) is 2.14. The van der Waals surface area contributed by atoms with Gasteiger partial charge in [-0.15, -0.1) is 0 Å². The van der Waals surface area contributed by atoms with E-state index in [0.717, 1.165) is 0 Å². The lowest BCUT2D eigenvalue weighted by molar-refractivity contribution is -0.156. The first kappa shape index (κ1) is 14.3. The minimum Gasteiger partial charge on any atom is -0.481 e. The van der Waals surface area contributed by atoms with E-state index in [9.17, 15) is 14.4 Å². The standard InChI is InChI=1S/C8H13NO7/c10-6(11)3-5(8(14)15)16-2-1-9-4-7(12)13/h5,9H,1-4H2,(H,10,11)(H,12,13)(H,14,15). The Labute approximate surface area is 90.8 Å². The van der Waals surface area contributed by atoms with Crippen LogP contribution < -0.4 is 5.32 Å². The zero-order valence-electron chi connectivity index (χ0n) is 8.38. The van der Waals surface area contributed by atoms with Gasteiger partial charge in [-0.3, -0.25) is 9.59 Å². The lowest BCUT2D eigenvalue weighted by atomic mass is 10.2. The van der Waals surface area contributed by atoms with Crippen molar-refractivity contribution in [3.05, 3.63) is 0 Å². The third-order valence-electron chi connectivity index (χ3n) is 1.51. The summed E-state index contributed by atoms with van der Waals surface area (Å²) in [6.45, 7) is -0.201. The third-order valence-corrected chi connectivity index (χ3v) is 1.51. The van der Waals surface area contributed by atoms with Gasteiger partial charge in [0, 0.05) is 6.54 Å². The van der Waals surface area contributed by atoms with Gasteiger partial charge in [-0.25, -0.2) is 4.79 Å².